The van der Waals surface area contributed by atoms with Crippen LogP contribution in [-0.4, -0.2) is 22.1 Å². The van der Waals surface area contributed by atoms with E-state index < -0.39 is 12.0 Å². The fourth-order valence-corrected chi connectivity index (χ4v) is 4.99. The van der Waals surface area contributed by atoms with Crippen LogP contribution in [0.3, 0.4) is 0 Å². The molecule has 8 heteroatoms. The van der Waals surface area contributed by atoms with E-state index in [-0.39, 0.29) is 12.2 Å². The zero-order valence-electron chi connectivity index (χ0n) is 15.3. The van der Waals surface area contributed by atoms with E-state index in [1.165, 1.54) is 22.7 Å². The van der Waals surface area contributed by atoms with Crippen LogP contribution in [0.5, 0.6) is 0 Å². The molecule has 4 rings (SSSR count). The number of thiazole rings is 1. The molecular formula is C20H17N3O3S2. The van der Waals surface area contributed by atoms with Gasteiger partial charge in [0, 0.05) is 17.3 Å². The number of ether oxygens (including phenoxy) is 1. The van der Waals surface area contributed by atoms with Gasteiger partial charge in [0.25, 0.3) is 5.56 Å². The smallest absolute Gasteiger partial charge is 0.338 e. The lowest BCUT2D eigenvalue weighted by atomic mass is 10.0. The molecule has 3 aromatic rings. The Kier molecular flexibility index (Phi) is 5.06. The number of rotatable bonds is 4. The van der Waals surface area contributed by atoms with Gasteiger partial charge in [-0.05, 0) is 43.0 Å². The number of hydrogen-bond donors (Lipinski definition) is 0. The Morgan fingerprint density at radius 3 is 2.89 bits per heavy atom. The molecule has 0 aromatic carbocycles. The molecule has 0 N–H and O–H groups in total. The van der Waals surface area contributed by atoms with Crippen molar-refractivity contribution in [1.29, 1.82) is 0 Å². The van der Waals surface area contributed by atoms with Gasteiger partial charge in [-0.15, -0.1) is 11.3 Å². The van der Waals surface area contributed by atoms with Crippen LogP contribution in [0.15, 0.2) is 63.1 Å². The number of thiophene rings is 1. The summed E-state index contributed by atoms with van der Waals surface area (Å²) < 4.78 is 7.40. The highest BCUT2D eigenvalue weighted by Crippen LogP contribution is 2.33. The van der Waals surface area contributed by atoms with Gasteiger partial charge in [-0.1, -0.05) is 23.5 Å². The van der Waals surface area contributed by atoms with Crippen molar-refractivity contribution in [2.24, 2.45) is 4.99 Å². The van der Waals surface area contributed by atoms with Crippen LogP contribution in [0.2, 0.25) is 0 Å². The molecule has 0 aliphatic carbocycles. The Labute approximate surface area is 168 Å². The third-order valence-electron chi connectivity index (χ3n) is 4.31. The van der Waals surface area contributed by atoms with Crippen molar-refractivity contribution in [3.05, 3.63) is 83.4 Å². The molecule has 0 saturated heterocycles. The number of nitrogens with zero attached hydrogens (tertiary/aromatic N) is 3. The minimum absolute atomic E-state index is 0.180. The maximum atomic E-state index is 13.2. The van der Waals surface area contributed by atoms with E-state index in [0.717, 1.165) is 10.4 Å². The first-order chi connectivity index (χ1) is 13.6. The van der Waals surface area contributed by atoms with E-state index in [0.29, 0.717) is 20.6 Å². The van der Waals surface area contributed by atoms with Gasteiger partial charge in [0.15, 0.2) is 4.80 Å². The highest BCUT2D eigenvalue weighted by molar-refractivity contribution is 7.10. The van der Waals surface area contributed by atoms with Crippen molar-refractivity contribution in [1.82, 2.24) is 9.55 Å². The van der Waals surface area contributed by atoms with Gasteiger partial charge in [-0.25, -0.2) is 9.79 Å². The molecule has 0 fully saturated rings. The molecule has 1 unspecified atom stereocenters. The number of aromatic nitrogens is 2. The lowest BCUT2D eigenvalue weighted by molar-refractivity contribution is -0.139. The summed E-state index contributed by atoms with van der Waals surface area (Å²) in [6.07, 6.45) is 5.18. The van der Waals surface area contributed by atoms with Crippen molar-refractivity contribution < 1.29 is 9.53 Å². The maximum absolute atomic E-state index is 13.2. The molecule has 0 spiro atoms. The Balaban J connectivity index is 1.95. The molecule has 1 atom stereocenters. The van der Waals surface area contributed by atoms with Crippen LogP contribution in [0.4, 0.5) is 0 Å². The van der Waals surface area contributed by atoms with Crippen molar-refractivity contribution in [2.75, 3.05) is 6.61 Å². The van der Waals surface area contributed by atoms with Gasteiger partial charge < -0.3 is 4.74 Å². The summed E-state index contributed by atoms with van der Waals surface area (Å²) in [5, 5.41) is 1.93. The number of fused-ring (bicyclic) bond motifs is 1. The predicted octanol–water partition coefficient (Wildman–Crippen LogP) is 2.25. The van der Waals surface area contributed by atoms with Crippen molar-refractivity contribution in [3.63, 3.8) is 0 Å². The summed E-state index contributed by atoms with van der Waals surface area (Å²) in [4.78, 5) is 36.0. The average Bonchev–Trinajstić information content (AvgIpc) is 3.31. The summed E-state index contributed by atoms with van der Waals surface area (Å²) >= 11 is 2.80. The standard InChI is InChI=1S/C20H17N3O3S2/c1-3-26-19(25)16-12(2)22-20-23(17(16)14-7-5-9-27-14)18(24)15(28-20)10-13-6-4-8-21-11-13/h4-11,17H,3H2,1-2H3. The summed E-state index contributed by atoms with van der Waals surface area (Å²) in [7, 11) is 0. The Bertz CT molecular complexity index is 1220. The van der Waals surface area contributed by atoms with Crippen LogP contribution in [0, 0.1) is 0 Å². The van der Waals surface area contributed by atoms with Crippen molar-refractivity contribution >= 4 is 34.7 Å². The molecule has 4 heterocycles. The number of allylic oxidation sites excluding steroid dienone is 1. The fraction of sp³-hybridized carbons (Fsp3) is 0.200. The normalized spacial score (nSPS) is 16.6. The summed E-state index contributed by atoms with van der Waals surface area (Å²) in [5.41, 5.74) is 1.64. The van der Waals surface area contributed by atoms with Crippen LogP contribution < -0.4 is 14.9 Å². The summed E-state index contributed by atoms with van der Waals surface area (Å²) in [5.74, 6) is -0.441. The monoisotopic (exact) mass is 411 g/mol. The van der Waals surface area contributed by atoms with Gasteiger partial charge in [0.1, 0.15) is 6.04 Å². The van der Waals surface area contributed by atoms with Gasteiger partial charge in [-0.2, -0.15) is 0 Å². The topological polar surface area (TPSA) is 73.6 Å². The Morgan fingerprint density at radius 2 is 2.21 bits per heavy atom. The molecule has 0 bridgehead atoms. The molecule has 1 aliphatic heterocycles. The van der Waals surface area contributed by atoms with E-state index in [2.05, 4.69) is 9.98 Å². The molecule has 1 aliphatic rings. The van der Waals surface area contributed by atoms with Gasteiger partial charge in [-0.3, -0.25) is 14.3 Å². The molecule has 28 heavy (non-hydrogen) atoms. The Morgan fingerprint density at radius 1 is 1.36 bits per heavy atom. The first-order valence-corrected chi connectivity index (χ1v) is 10.4. The van der Waals surface area contributed by atoms with E-state index in [9.17, 15) is 9.59 Å². The molecule has 6 nitrogen and oxygen atoms in total. The molecule has 142 valence electrons. The SMILES string of the molecule is CCOC(=O)C1=C(C)N=c2sc(=Cc3cccnc3)c(=O)n2C1c1cccs1. The number of hydrogen-bond acceptors (Lipinski definition) is 7. The molecule has 0 saturated carbocycles. The van der Waals surface area contributed by atoms with Crippen LogP contribution in [-0.2, 0) is 9.53 Å². The van der Waals surface area contributed by atoms with Crippen LogP contribution in [0.1, 0.15) is 30.3 Å². The first-order valence-electron chi connectivity index (χ1n) is 8.73. The quantitative estimate of drug-likeness (QED) is 0.618. The third-order valence-corrected chi connectivity index (χ3v) is 6.22. The van der Waals surface area contributed by atoms with E-state index in [1.54, 1.807) is 36.9 Å². The molecule has 0 radical (unpaired) electrons. The number of carbonyl (C=O) groups is 1. The zero-order chi connectivity index (χ0) is 19.7. The highest BCUT2D eigenvalue weighted by atomic mass is 32.1. The summed E-state index contributed by atoms with van der Waals surface area (Å²) in [6, 6.07) is 7.00. The lowest BCUT2D eigenvalue weighted by Gasteiger charge is -2.23. The van der Waals surface area contributed by atoms with Crippen LogP contribution >= 0.6 is 22.7 Å². The predicted molar refractivity (Wildman–Crippen MR) is 109 cm³/mol. The third kappa shape index (κ3) is 3.25. The van der Waals surface area contributed by atoms with Gasteiger partial charge >= 0.3 is 5.97 Å². The van der Waals surface area contributed by atoms with Crippen molar-refractivity contribution in [3.8, 4) is 0 Å². The number of esters is 1. The molecule has 3 aromatic heterocycles. The molecule has 0 amide bonds. The minimum atomic E-state index is -0.536. The number of carbonyl (C=O) groups excluding carboxylic acids is 1. The fourth-order valence-electron chi connectivity index (χ4n) is 3.12. The second kappa shape index (κ2) is 7.65. The van der Waals surface area contributed by atoms with E-state index in [1.807, 2.05) is 29.6 Å². The molecular weight excluding hydrogens is 394 g/mol. The van der Waals surface area contributed by atoms with Crippen molar-refractivity contribution in [2.45, 2.75) is 19.9 Å². The zero-order valence-corrected chi connectivity index (χ0v) is 16.9. The first kappa shape index (κ1) is 18.5. The van der Waals surface area contributed by atoms with E-state index >= 15 is 0 Å². The van der Waals surface area contributed by atoms with Gasteiger partial charge in [0.2, 0.25) is 0 Å². The minimum Gasteiger partial charge on any atom is -0.463 e. The lowest BCUT2D eigenvalue weighted by Crippen LogP contribution is -2.39. The largest absolute Gasteiger partial charge is 0.463 e. The maximum Gasteiger partial charge on any atom is 0.338 e. The second-order valence-corrected chi connectivity index (χ2v) is 8.09. The van der Waals surface area contributed by atoms with Gasteiger partial charge in [0.05, 0.1) is 22.4 Å². The average molecular weight is 412 g/mol. The van der Waals surface area contributed by atoms with Crippen LogP contribution in [0.25, 0.3) is 6.08 Å². The number of pyridine rings is 1. The summed E-state index contributed by atoms with van der Waals surface area (Å²) in [6.45, 7) is 3.81. The second-order valence-electron chi connectivity index (χ2n) is 6.10. The van der Waals surface area contributed by atoms with E-state index in [4.69, 9.17) is 4.74 Å². The Hall–Kier alpha value is -2.84. The highest BCUT2D eigenvalue weighted by Gasteiger charge is 2.33.